The molecule has 0 saturated heterocycles. The highest BCUT2D eigenvalue weighted by Gasteiger charge is 2.65. The van der Waals surface area contributed by atoms with Crippen molar-refractivity contribution < 1.29 is 38.4 Å². The van der Waals surface area contributed by atoms with Gasteiger partial charge in [0.2, 0.25) is 17.1 Å². The summed E-state index contributed by atoms with van der Waals surface area (Å²) in [7, 11) is 0. The number of rotatable bonds is 9. The Morgan fingerprint density at radius 3 is 2.12 bits per heavy atom. The van der Waals surface area contributed by atoms with E-state index in [-0.39, 0.29) is 24.2 Å². The fourth-order valence-electron chi connectivity index (χ4n) is 3.05. The molecule has 1 amide bonds. The minimum Gasteiger partial charge on any atom is -0.488 e. The number of amides is 1. The van der Waals surface area contributed by atoms with Gasteiger partial charge in [-0.15, -0.1) is 0 Å². The normalized spacial score (nSPS) is 19.2. The third-order valence-corrected chi connectivity index (χ3v) is 4.35. The lowest BCUT2D eigenvalue weighted by Gasteiger charge is -2.43. The van der Waals surface area contributed by atoms with Crippen LogP contribution in [0.3, 0.4) is 0 Å². The number of Topliss-reactive ketones (excluding diaryl/α,β-unsaturated/α-hetero) is 1. The van der Waals surface area contributed by atoms with Crippen molar-refractivity contribution in [3.8, 4) is 0 Å². The van der Waals surface area contributed by atoms with Gasteiger partial charge in [-0.05, 0) is 54.0 Å². The van der Waals surface area contributed by atoms with E-state index in [9.17, 15) is 19.5 Å². The SMILES string of the molecule is CC(C)OC1=C(OC(C)C)C(O)(C(NC(=O)OCc2ccccc2)C(=O)OC(C)(C)C)C1=O. The number of esters is 1. The molecule has 0 spiro atoms. The molecule has 0 radical (unpaired) electrons. The van der Waals surface area contributed by atoms with Crippen LogP contribution in [0.5, 0.6) is 0 Å². The van der Waals surface area contributed by atoms with Crippen LogP contribution in [-0.4, -0.2) is 52.4 Å². The van der Waals surface area contributed by atoms with Gasteiger partial charge in [0, 0.05) is 0 Å². The maximum Gasteiger partial charge on any atom is 0.408 e. The molecule has 0 saturated carbocycles. The number of carbonyl (C=O) groups is 3. The third kappa shape index (κ3) is 6.47. The summed E-state index contributed by atoms with van der Waals surface area (Å²) in [5, 5.41) is 13.6. The monoisotopic (exact) mass is 463 g/mol. The Morgan fingerprint density at radius 2 is 1.61 bits per heavy atom. The summed E-state index contributed by atoms with van der Waals surface area (Å²) in [5.41, 5.74) is -2.74. The molecule has 182 valence electrons. The number of alkyl carbamates (subject to hydrolysis) is 1. The van der Waals surface area contributed by atoms with Crippen LogP contribution in [0, 0.1) is 0 Å². The molecular formula is C24H33NO8. The van der Waals surface area contributed by atoms with Crippen LogP contribution < -0.4 is 5.32 Å². The van der Waals surface area contributed by atoms with E-state index in [2.05, 4.69) is 5.32 Å². The molecule has 2 rings (SSSR count). The highest BCUT2D eigenvalue weighted by molar-refractivity contribution is 6.13. The zero-order valence-corrected chi connectivity index (χ0v) is 20.1. The molecule has 0 bridgehead atoms. The Hall–Kier alpha value is -3.07. The number of nitrogens with one attached hydrogen (secondary N) is 1. The van der Waals surface area contributed by atoms with E-state index < -0.39 is 41.2 Å². The zero-order valence-electron chi connectivity index (χ0n) is 20.1. The highest BCUT2D eigenvalue weighted by Crippen LogP contribution is 2.41. The number of ether oxygens (including phenoxy) is 4. The van der Waals surface area contributed by atoms with E-state index >= 15 is 0 Å². The standard InChI is InChI=1S/C24H33NO8/c1-14(2)31-17-19(26)24(29,20(17)32-15(3)4)18(21(27)33-23(5,6)7)25-22(28)30-13-16-11-9-8-10-12-16/h8-12,14-15,18,29H,13H2,1-7H3,(H,25,28). The van der Waals surface area contributed by atoms with Crippen LogP contribution in [0.25, 0.3) is 0 Å². The Balaban J connectivity index is 2.35. The summed E-state index contributed by atoms with van der Waals surface area (Å²) < 4.78 is 21.7. The average Bonchev–Trinajstić information content (AvgIpc) is 2.71. The lowest BCUT2D eigenvalue weighted by atomic mass is 9.76. The van der Waals surface area contributed by atoms with Gasteiger partial charge in [0.1, 0.15) is 12.2 Å². The van der Waals surface area contributed by atoms with Gasteiger partial charge in [0.15, 0.2) is 11.8 Å². The summed E-state index contributed by atoms with van der Waals surface area (Å²) >= 11 is 0. The lowest BCUT2D eigenvalue weighted by Crippen LogP contribution is -2.68. The molecule has 33 heavy (non-hydrogen) atoms. The Morgan fingerprint density at radius 1 is 1.03 bits per heavy atom. The molecule has 9 nitrogen and oxygen atoms in total. The zero-order chi connectivity index (χ0) is 25.0. The molecule has 1 aliphatic rings. The van der Waals surface area contributed by atoms with Crippen molar-refractivity contribution in [2.45, 2.75) is 84.5 Å². The number of benzene rings is 1. The minimum atomic E-state index is -2.51. The molecule has 0 heterocycles. The number of carbonyl (C=O) groups excluding carboxylic acids is 3. The first-order valence-electron chi connectivity index (χ1n) is 10.8. The maximum absolute atomic E-state index is 13.0. The summed E-state index contributed by atoms with van der Waals surface area (Å²) in [6, 6.07) is 7.09. The quantitative estimate of drug-likeness (QED) is 0.536. The van der Waals surface area contributed by atoms with Gasteiger partial charge in [-0.2, -0.15) is 0 Å². The van der Waals surface area contributed by atoms with E-state index in [1.54, 1.807) is 72.7 Å². The van der Waals surface area contributed by atoms with Gasteiger partial charge < -0.3 is 29.4 Å². The largest absolute Gasteiger partial charge is 0.488 e. The van der Waals surface area contributed by atoms with Gasteiger partial charge in [0.05, 0.1) is 12.2 Å². The predicted molar refractivity (Wildman–Crippen MR) is 119 cm³/mol. The first kappa shape index (κ1) is 26.2. The summed E-state index contributed by atoms with van der Waals surface area (Å²) in [5.74, 6) is -2.36. The lowest BCUT2D eigenvalue weighted by molar-refractivity contribution is -0.175. The van der Waals surface area contributed by atoms with Crippen LogP contribution in [0.2, 0.25) is 0 Å². The molecule has 0 aliphatic heterocycles. The second-order valence-electron chi connectivity index (χ2n) is 9.26. The van der Waals surface area contributed by atoms with Gasteiger partial charge in [-0.3, -0.25) is 4.79 Å². The van der Waals surface area contributed by atoms with Crippen molar-refractivity contribution in [2.24, 2.45) is 0 Å². The van der Waals surface area contributed by atoms with Crippen LogP contribution in [-0.2, 0) is 35.1 Å². The van der Waals surface area contributed by atoms with Gasteiger partial charge >= 0.3 is 12.1 Å². The van der Waals surface area contributed by atoms with Crippen LogP contribution >= 0.6 is 0 Å². The second kappa shape index (κ2) is 10.2. The Labute approximate surface area is 194 Å². The molecule has 9 heteroatoms. The molecule has 0 fully saturated rings. The number of aliphatic hydroxyl groups is 1. The van der Waals surface area contributed by atoms with Gasteiger partial charge in [-0.25, -0.2) is 9.59 Å². The summed E-state index contributed by atoms with van der Waals surface area (Å²) in [6.45, 7) is 11.6. The molecule has 2 atom stereocenters. The number of hydrogen-bond donors (Lipinski definition) is 2. The fourth-order valence-corrected chi connectivity index (χ4v) is 3.05. The van der Waals surface area contributed by atoms with Crippen molar-refractivity contribution in [3.63, 3.8) is 0 Å². The van der Waals surface area contributed by atoms with E-state index in [1.165, 1.54) is 0 Å². The fraction of sp³-hybridized carbons (Fsp3) is 0.542. The molecule has 1 aliphatic carbocycles. The summed E-state index contributed by atoms with van der Waals surface area (Å²) in [4.78, 5) is 38.5. The first-order chi connectivity index (χ1) is 15.3. The van der Waals surface area contributed by atoms with E-state index in [0.29, 0.717) is 0 Å². The molecule has 2 N–H and O–H groups in total. The molecular weight excluding hydrogens is 430 g/mol. The highest BCUT2D eigenvalue weighted by atomic mass is 16.6. The Kier molecular flexibility index (Phi) is 8.13. The van der Waals surface area contributed by atoms with Crippen molar-refractivity contribution >= 4 is 17.8 Å². The molecule has 1 aromatic rings. The first-order valence-corrected chi connectivity index (χ1v) is 10.8. The third-order valence-electron chi connectivity index (χ3n) is 4.35. The van der Waals surface area contributed by atoms with E-state index in [1.807, 2.05) is 6.07 Å². The predicted octanol–water partition coefficient (Wildman–Crippen LogP) is 3.00. The topological polar surface area (TPSA) is 120 Å². The number of ketones is 1. The van der Waals surface area contributed by atoms with Crippen LogP contribution in [0.1, 0.15) is 54.0 Å². The van der Waals surface area contributed by atoms with Gasteiger partial charge in [-0.1, -0.05) is 30.3 Å². The second-order valence-corrected chi connectivity index (χ2v) is 9.26. The van der Waals surface area contributed by atoms with Crippen molar-refractivity contribution in [3.05, 3.63) is 47.4 Å². The van der Waals surface area contributed by atoms with Crippen molar-refractivity contribution in [2.75, 3.05) is 0 Å². The maximum atomic E-state index is 13.0. The molecule has 1 aromatic carbocycles. The van der Waals surface area contributed by atoms with Gasteiger partial charge in [0.25, 0.3) is 0 Å². The van der Waals surface area contributed by atoms with E-state index in [0.717, 1.165) is 5.56 Å². The molecule has 0 aromatic heterocycles. The summed E-state index contributed by atoms with van der Waals surface area (Å²) in [6.07, 6.45) is -1.85. The van der Waals surface area contributed by atoms with E-state index in [4.69, 9.17) is 18.9 Å². The average molecular weight is 464 g/mol. The van der Waals surface area contributed by atoms with Crippen LogP contribution in [0.4, 0.5) is 4.79 Å². The number of hydrogen-bond acceptors (Lipinski definition) is 8. The molecule has 2 unspecified atom stereocenters. The Bertz CT molecular complexity index is 901. The van der Waals surface area contributed by atoms with Crippen LogP contribution in [0.15, 0.2) is 41.9 Å². The smallest absolute Gasteiger partial charge is 0.408 e. The minimum absolute atomic E-state index is 0.0764. The van der Waals surface area contributed by atoms with Crippen molar-refractivity contribution in [1.82, 2.24) is 5.32 Å². The van der Waals surface area contributed by atoms with Crippen molar-refractivity contribution in [1.29, 1.82) is 0 Å².